The Morgan fingerprint density at radius 3 is 2.00 bits per heavy atom. The molecule has 3 N–H and O–H groups in total. The Hall–Kier alpha value is 2.68. The van der Waals surface area contributed by atoms with Crippen LogP contribution in [0.5, 0.6) is 0 Å². The average molecular weight is 359 g/mol. The van der Waals surface area contributed by atoms with Crippen LogP contribution in [0.4, 0.5) is 0 Å². The van der Waals surface area contributed by atoms with E-state index in [4.69, 9.17) is 9.79 Å². The molecule has 0 aromatic carbocycles. The van der Waals surface area contributed by atoms with E-state index in [0.717, 1.165) is 6.20 Å². The van der Waals surface area contributed by atoms with Crippen LogP contribution in [0.1, 0.15) is 5.56 Å². The predicted octanol–water partition coefficient (Wildman–Crippen LogP) is -7.63. The molecule has 96 valence electrons. The first-order valence-electron chi connectivity index (χ1n) is 4.27. The van der Waals surface area contributed by atoms with E-state index in [1.165, 1.54) is 18.3 Å². The fourth-order valence-electron chi connectivity index (χ4n) is 1.14. The molecule has 0 saturated heterocycles. The third kappa shape index (κ3) is 6.36. The van der Waals surface area contributed by atoms with Crippen molar-refractivity contribution in [2.75, 3.05) is 0 Å². The maximum absolute atomic E-state index is 10.9. The smallest absolute Gasteiger partial charge is 0.776 e. The summed E-state index contributed by atoms with van der Waals surface area (Å²) < 4.78 is 21.8. The molecule has 1 aromatic heterocycles. The van der Waals surface area contributed by atoms with E-state index in [2.05, 4.69) is 4.98 Å². The van der Waals surface area contributed by atoms with Gasteiger partial charge in [-0.15, -0.1) is 0 Å². The maximum atomic E-state index is 10.9. The molecule has 0 aliphatic heterocycles. The van der Waals surface area contributed by atoms with Crippen LogP contribution in [0.3, 0.4) is 0 Å². The van der Waals surface area contributed by atoms with Gasteiger partial charge in [-0.1, -0.05) is 6.07 Å². The zero-order valence-corrected chi connectivity index (χ0v) is 18.4. The summed E-state index contributed by atoms with van der Waals surface area (Å²) in [4.78, 5) is 42.8. The molecule has 0 fully saturated rings. The fourth-order valence-corrected chi connectivity index (χ4v) is 3.18. The molecule has 1 heterocycles. The summed E-state index contributed by atoms with van der Waals surface area (Å²) in [5.41, 5.74) is 0.0188. The molecule has 2 unspecified atom stereocenters. The van der Waals surface area contributed by atoms with Crippen molar-refractivity contribution in [1.29, 1.82) is 0 Å². The number of nitrogens with zero attached hydrogens (tertiary/aromatic N) is 1. The summed E-state index contributed by atoms with van der Waals surface area (Å²) in [5.74, 6) is 0. The Bertz CT molecular complexity index is 465. The Balaban J connectivity index is 0. The van der Waals surface area contributed by atoms with Crippen molar-refractivity contribution in [3.63, 3.8) is 0 Å². The number of aromatic nitrogens is 1. The molecule has 0 aliphatic carbocycles. The van der Waals surface area contributed by atoms with E-state index in [9.17, 15) is 24.0 Å². The van der Waals surface area contributed by atoms with Crippen molar-refractivity contribution < 1.29 is 137 Å². The normalized spacial score (nSPS) is 19.8. The molecule has 1 rings (SSSR count). The van der Waals surface area contributed by atoms with Crippen molar-refractivity contribution in [3.8, 4) is 0 Å². The van der Waals surface area contributed by atoms with E-state index in [1.54, 1.807) is 0 Å². The third-order valence-corrected chi connectivity index (χ3v) is 5.71. The van der Waals surface area contributed by atoms with E-state index in [0.29, 0.717) is 0 Å². The summed E-state index contributed by atoms with van der Waals surface area (Å²) in [7, 11) is -11.4. The van der Waals surface area contributed by atoms with Gasteiger partial charge in [-0.05, 0) is 11.6 Å². The first kappa shape index (κ1) is 23.9. The molecular formula is C7H9K2NO7P2. The molecule has 0 radical (unpaired) electrons. The minimum atomic E-state index is -5.72. The molecule has 0 bridgehead atoms. The standard InChI is InChI=1S/C7H11NO7P2.2K/c9-7(16(10,11)12,17(13,14)15)4-6-2-1-3-8-5-6;;/h1-3,5,9H,4H2,(H2,10,11,12)(H2,13,14,15);;/q;2*+1/p-2. The number of pyridine rings is 1. The molecule has 8 nitrogen and oxygen atoms in total. The van der Waals surface area contributed by atoms with Crippen molar-refractivity contribution >= 4 is 15.2 Å². The van der Waals surface area contributed by atoms with Gasteiger partial charge in [0.15, 0.2) is 20.3 Å². The zero-order chi connectivity index (χ0) is 13.3. The number of hydrogen-bond acceptors (Lipinski definition) is 6. The van der Waals surface area contributed by atoms with Crippen molar-refractivity contribution in [3.05, 3.63) is 30.1 Å². The van der Waals surface area contributed by atoms with Crippen LogP contribution in [-0.4, -0.2) is 25.0 Å². The second-order valence-electron chi connectivity index (χ2n) is 3.35. The first-order valence-corrected chi connectivity index (χ1v) is 7.42. The Labute approximate surface area is 194 Å². The molecule has 0 saturated carbocycles. The Morgan fingerprint density at radius 2 is 1.68 bits per heavy atom. The van der Waals surface area contributed by atoms with Gasteiger partial charge in [0.05, 0.1) is 0 Å². The van der Waals surface area contributed by atoms with Crippen molar-refractivity contribution in [2.45, 2.75) is 11.5 Å². The fraction of sp³-hybridized carbons (Fsp3) is 0.286. The van der Waals surface area contributed by atoms with E-state index >= 15 is 0 Å². The second kappa shape index (κ2) is 9.09. The summed E-state index contributed by atoms with van der Waals surface area (Å²) in [6.07, 6.45) is 1.42. The molecule has 2 atom stereocenters. The zero-order valence-electron chi connectivity index (χ0n) is 10.3. The van der Waals surface area contributed by atoms with Crippen LogP contribution in [-0.2, 0) is 15.6 Å². The first-order chi connectivity index (χ1) is 7.58. The molecular weight excluding hydrogens is 350 g/mol. The second-order valence-corrected chi connectivity index (χ2v) is 7.27. The predicted molar refractivity (Wildman–Crippen MR) is 52.5 cm³/mol. The van der Waals surface area contributed by atoms with E-state index < -0.39 is 26.7 Å². The van der Waals surface area contributed by atoms with E-state index in [-0.39, 0.29) is 108 Å². The number of aliphatic hydroxyl groups is 1. The van der Waals surface area contributed by atoms with Crippen LogP contribution in [0, 0.1) is 0 Å². The third-order valence-electron chi connectivity index (χ3n) is 2.07. The monoisotopic (exact) mass is 359 g/mol. The number of hydrogen-bond donors (Lipinski definition) is 3. The minimum Gasteiger partial charge on any atom is -0.776 e. The molecule has 19 heavy (non-hydrogen) atoms. The van der Waals surface area contributed by atoms with Gasteiger partial charge >= 0.3 is 103 Å². The van der Waals surface area contributed by atoms with Crippen LogP contribution in [0.25, 0.3) is 0 Å². The molecule has 12 heteroatoms. The summed E-state index contributed by atoms with van der Waals surface area (Å²) in [6.45, 7) is 0. The van der Waals surface area contributed by atoms with Gasteiger partial charge < -0.3 is 33.8 Å². The molecule has 1 aromatic rings. The Kier molecular flexibility index (Phi) is 11.5. The molecule has 0 spiro atoms. The van der Waals surface area contributed by atoms with Gasteiger partial charge in [0.2, 0.25) is 0 Å². The molecule has 0 aliphatic rings. The SMILES string of the molecule is O=P([O-])(O)C(O)(Cc1cccnc1)P(=O)([O-])O.[K+].[K+]. The van der Waals surface area contributed by atoms with Crippen LogP contribution >= 0.6 is 15.2 Å². The van der Waals surface area contributed by atoms with Gasteiger partial charge in [0, 0.05) is 18.8 Å². The van der Waals surface area contributed by atoms with Gasteiger partial charge in [-0.3, -0.25) is 4.98 Å². The van der Waals surface area contributed by atoms with Gasteiger partial charge in [0.25, 0.3) is 0 Å². The minimum absolute atomic E-state index is 0. The number of rotatable bonds is 4. The van der Waals surface area contributed by atoms with Crippen molar-refractivity contribution in [2.24, 2.45) is 0 Å². The van der Waals surface area contributed by atoms with Gasteiger partial charge in [0.1, 0.15) is 0 Å². The van der Waals surface area contributed by atoms with Crippen LogP contribution in [0.15, 0.2) is 24.5 Å². The average Bonchev–Trinajstić information content (AvgIpc) is 2.15. The van der Waals surface area contributed by atoms with Crippen molar-refractivity contribution in [1.82, 2.24) is 4.98 Å². The molecule has 0 amide bonds. The summed E-state index contributed by atoms with van der Waals surface area (Å²) >= 11 is 0. The quantitative estimate of drug-likeness (QED) is 0.354. The summed E-state index contributed by atoms with van der Waals surface area (Å²) in [5, 5.41) is 5.81. The summed E-state index contributed by atoms with van der Waals surface area (Å²) in [6, 6.07) is 2.65. The van der Waals surface area contributed by atoms with Gasteiger partial charge in [-0.25, -0.2) is 0 Å². The largest absolute Gasteiger partial charge is 1.00 e. The topological polar surface area (TPSA) is 154 Å². The van der Waals surface area contributed by atoms with E-state index in [1.807, 2.05) is 0 Å². The van der Waals surface area contributed by atoms with Crippen LogP contribution < -0.4 is 113 Å². The maximum Gasteiger partial charge on any atom is 1.00 e. The van der Waals surface area contributed by atoms with Gasteiger partial charge in [-0.2, -0.15) is 0 Å². The van der Waals surface area contributed by atoms with Crippen LogP contribution in [0.2, 0.25) is 0 Å². The Morgan fingerprint density at radius 1 is 1.21 bits per heavy atom.